The molecule has 8 heteroatoms. The number of fused-ring (bicyclic) bond motifs is 1. The molecule has 168 valence electrons. The summed E-state index contributed by atoms with van der Waals surface area (Å²) in [7, 11) is 0. The van der Waals surface area contributed by atoms with E-state index in [9.17, 15) is 9.18 Å². The highest BCUT2D eigenvalue weighted by molar-refractivity contribution is 8.00. The van der Waals surface area contributed by atoms with Crippen LogP contribution in [0.15, 0.2) is 71.2 Å². The van der Waals surface area contributed by atoms with Crippen LogP contribution in [0.3, 0.4) is 0 Å². The molecule has 0 saturated carbocycles. The van der Waals surface area contributed by atoms with Crippen LogP contribution in [-0.2, 0) is 24.3 Å². The molecule has 2 aromatic carbocycles. The number of hydrogen-bond donors (Lipinski definition) is 0. The summed E-state index contributed by atoms with van der Waals surface area (Å²) in [5.41, 5.74) is 3.14. The molecule has 2 aromatic heterocycles. The van der Waals surface area contributed by atoms with Gasteiger partial charge in [0.05, 0.1) is 11.8 Å². The van der Waals surface area contributed by atoms with Crippen LogP contribution in [-0.4, -0.2) is 37.4 Å². The third kappa shape index (κ3) is 4.72. The second-order valence-corrected chi connectivity index (χ2v) is 10.3. The Kier molecular flexibility index (Phi) is 6.28. The van der Waals surface area contributed by atoms with Crippen LogP contribution in [0.2, 0.25) is 0 Å². The molecule has 0 saturated heterocycles. The van der Waals surface area contributed by atoms with Gasteiger partial charge in [-0.25, -0.2) is 4.39 Å². The minimum atomic E-state index is -0.301. The van der Waals surface area contributed by atoms with E-state index in [4.69, 9.17) is 0 Å². The van der Waals surface area contributed by atoms with Crippen LogP contribution < -0.4 is 0 Å². The number of carbonyl (C=O) groups is 1. The molecule has 1 unspecified atom stereocenters. The Bertz CT molecular complexity index is 1250. The highest BCUT2D eigenvalue weighted by atomic mass is 32.2. The Hall–Kier alpha value is -2.97. The van der Waals surface area contributed by atoms with Crippen molar-refractivity contribution in [2.75, 3.05) is 6.54 Å². The fourth-order valence-electron chi connectivity index (χ4n) is 4.00. The largest absolute Gasteiger partial charge is 0.337 e. The molecule has 0 N–H and O–H groups in total. The molecular formula is C25H23FN4OS2. The Morgan fingerprint density at radius 1 is 1.12 bits per heavy atom. The highest BCUT2D eigenvalue weighted by Gasteiger charge is 2.28. The number of nitrogens with zero attached hydrogens (tertiary/aromatic N) is 4. The number of amides is 1. The standard InChI is InChI=1S/C25H23FN4OS2/c1-17(24(31)29-13-11-22-20(16-29)12-14-32-22)33-25-28-27-23(19-7-9-21(26)10-8-19)30(25)15-18-5-3-2-4-6-18/h2-10,12,14,17H,11,13,15-16H2,1H3. The molecule has 0 radical (unpaired) electrons. The number of benzene rings is 2. The van der Waals surface area contributed by atoms with E-state index in [-0.39, 0.29) is 17.0 Å². The second-order valence-electron chi connectivity index (χ2n) is 8.02. The smallest absolute Gasteiger partial charge is 0.236 e. The average molecular weight is 479 g/mol. The lowest BCUT2D eigenvalue weighted by atomic mass is 10.1. The molecule has 0 fully saturated rings. The van der Waals surface area contributed by atoms with Gasteiger partial charge in [0.15, 0.2) is 11.0 Å². The quantitative estimate of drug-likeness (QED) is 0.355. The summed E-state index contributed by atoms with van der Waals surface area (Å²) >= 11 is 3.19. The molecule has 1 atom stereocenters. The molecule has 0 bridgehead atoms. The fourth-order valence-corrected chi connectivity index (χ4v) is 5.82. The van der Waals surface area contributed by atoms with Gasteiger partial charge in [0.25, 0.3) is 0 Å². The van der Waals surface area contributed by atoms with Gasteiger partial charge in [0, 0.05) is 23.5 Å². The molecule has 1 amide bonds. The van der Waals surface area contributed by atoms with Gasteiger partial charge in [0.1, 0.15) is 5.82 Å². The summed E-state index contributed by atoms with van der Waals surface area (Å²) in [6.45, 7) is 3.90. The van der Waals surface area contributed by atoms with Gasteiger partial charge < -0.3 is 4.90 Å². The Labute approximate surface area is 200 Å². The second kappa shape index (κ2) is 9.49. The van der Waals surface area contributed by atoms with Gasteiger partial charge in [-0.3, -0.25) is 9.36 Å². The summed E-state index contributed by atoms with van der Waals surface area (Å²) in [4.78, 5) is 16.5. The Morgan fingerprint density at radius 3 is 2.70 bits per heavy atom. The van der Waals surface area contributed by atoms with E-state index in [1.807, 2.05) is 46.7 Å². The van der Waals surface area contributed by atoms with Crippen molar-refractivity contribution < 1.29 is 9.18 Å². The van der Waals surface area contributed by atoms with Crippen LogP contribution >= 0.6 is 23.1 Å². The molecule has 4 aromatic rings. The van der Waals surface area contributed by atoms with Gasteiger partial charge in [-0.15, -0.1) is 21.5 Å². The number of hydrogen-bond acceptors (Lipinski definition) is 5. The Balaban J connectivity index is 1.40. The molecule has 1 aliphatic heterocycles. The predicted octanol–water partition coefficient (Wildman–Crippen LogP) is 5.26. The van der Waals surface area contributed by atoms with Gasteiger partial charge in [0.2, 0.25) is 5.91 Å². The number of thioether (sulfide) groups is 1. The molecule has 0 spiro atoms. The van der Waals surface area contributed by atoms with Crippen LogP contribution in [0.1, 0.15) is 22.9 Å². The molecular weight excluding hydrogens is 455 g/mol. The van der Waals surface area contributed by atoms with Crippen LogP contribution in [0, 0.1) is 5.82 Å². The van der Waals surface area contributed by atoms with Crippen LogP contribution in [0.4, 0.5) is 4.39 Å². The zero-order valence-corrected chi connectivity index (χ0v) is 19.8. The summed E-state index contributed by atoms with van der Waals surface area (Å²) < 4.78 is 15.5. The van der Waals surface area contributed by atoms with Gasteiger partial charge in [-0.2, -0.15) is 0 Å². The third-order valence-corrected chi connectivity index (χ3v) is 7.84. The number of thiophene rings is 1. The van der Waals surface area contributed by atoms with E-state index in [2.05, 4.69) is 21.6 Å². The number of halogens is 1. The number of rotatable bonds is 6. The first-order valence-corrected chi connectivity index (χ1v) is 12.6. The van der Waals surface area contributed by atoms with E-state index in [0.717, 1.165) is 24.1 Å². The van der Waals surface area contributed by atoms with Crippen molar-refractivity contribution in [1.29, 1.82) is 0 Å². The summed E-state index contributed by atoms with van der Waals surface area (Å²) in [5, 5.41) is 11.3. The summed E-state index contributed by atoms with van der Waals surface area (Å²) in [6.07, 6.45) is 0.912. The molecule has 1 aliphatic rings. The SMILES string of the molecule is CC(Sc1nnc(-c2ccc(F)cc2)n1Cc1ccccc1)C(=O)N1CCc2sccc2C1. The molecule has 3 heterocycles. The first kappa shape index (κ1) is 21.9. The monoisotopic (exact) mass is 478 g/mol. The van der Waals surface area contributed by atoms with E-state index in [1.54, 1.807) is 23.5 Å². The molecule has 5 rings (SSSR count). The maximum atomic E-state index is 13.5. The van der Waals surface area contributed by atoms with Crippen molar-refractivity contribution in [3.8, 4) is 11.4 Å². The van der Waals surface area contributed by atoms with E-state index in [1.165, 1.54) is 34.3 Å². The predicted molar refractivity (Wildman–Crippen MR) is 130 cm³/mol. The first-order valence-electron chi connectivity index (χ1n) is 10.8. The Morgan fingerprint density at radius 2 is 1.91 bits per heavy atom. The number of aromatic nitrogens is 3. The minimum absolute atomic E-state index is 0.106. The van der Waals surface area contributed by atoms with Gasteiger partial charge >= 0.3 is 0 Å². The van der Waals surface area contributed by atoms with Crippen LogP contribution in [0.25, 0.3) is 11.4 Å². The minimum Gasteiger partial charge on any atom is -0.337 e. The average Bonchev–Trinajstić information content (AvgIpc) is 3.46. The zero-order valence-electron chi connectivity index (χ0n) is 18.1. The maximum Gasteiger partial charge on any atom is 0.236 e. The van der Waals surface area contributed by atoms with Gasteiger partial charge in [-0.1, -0.05) is 42.1 Å². The van der Waals surface area contributed by atoms with Crippen molar-refractivity contribution >= 4 is 29.0 Å². The lowest BCUT2D eigenvalue weighted by molar-refractivity contribution is -0.131. The van der Waals surface area contributed by atoms with Gasteiger partial charge in [-0.05, 0) is 60.2 Å². The fraction of sp³-hybridized carbons (Fsp3) is 0.240. The normalized spacial score (nSPS) is 14.2. The van der Waals surface area contributed by atoms with E-state index in [0.29, 0.717) is 24.1 Å². The van der Waals surface area contributed by atoms with Crippen molar-refractivity contribution in [2.24, 2.45) is 0 Å². The van der Waals surface area contributed by atoms with Crippen molar-refractivity contribution in [2.45, 2.75) is 36.8 Å². The van der Waals surface area contributed by atoms with Crippen molar-refractivity contribution in [3.63, 3.8) is 0 Å². The van der Waals surface area contributed by atoms with Crippen molar-refractivity contribution in [3.05, 3.63) is 87.9 Å². The molecule has 33 heavy (non-hydrogen) atoms. The first-order chi connectivity index (χ1) is 16.1. The van der Waals surface area contributed by atoms with Crippen molar-refractivity contribution in [1.82, 2.24) is 19.7 Å². The summed E-state index contributed by atoms with van der Waals surface area (Å²) in [5.74, 6) is 0.466. The molecule has 0 aliphatic carbocycles. The number of carbonyl (C=O) groups excluding carboxylic acids is 1. The summed E-state index contributed by atoms with van der Waals surface area (Å²) in [6, 6.07) is 18.4. The molecule has 5 nitrogen and oxygen atoms in total. The highest BCUT2D eigenvalue weighted by Crippen LogP contribution is 2.30. The van der Waals surface area contributed by atoms with E-state index >= 15 is 0 Å². The third-order valence-electron chi connectivity index (χ3n) is 5.75. The van der Waals surface area contributed by atoms with E-state index < -0.39 is 0 Å². The maximum absolute atomic E-state index is 13.5. The topological polar surface area (TPSA) is 51.0 Å². The lowest BCUT2D eigenvalue weighted by Gasteiger charge is -2.29. The lowest BCUT2D eigenvalue weighted by Crippen LogP contribution is -2.39. The van der Waals surface area contributed by atoms with Crippen LogP contribution in [0.5, 0.6) is 0 Å². The zero-order chi connectivity index (χ0) is 22.8.